The number of aliphatic carboxylic acids is 1. The highest BCUT2D eigenvalue weighted by molar-refractivity contribution is 8.00. The van der Waals surface area contributed by atoms with Crippen LogP contribution in [-0.4, -0.2) is 56.7 Å². The molecule has 2 aliphatic rings. The van der Waals surface area contributed by atoms with Gasteiger partial charge in [0.15, 0.2) is 0 Å². The molecule has 2 fully saturated rings. The monoisotopic (exact) mass is 332 g/mol. The standard InChI is InChI=1S/C14H24N2O3S2/c1-3-4-12-16(11(8-21-12)13(17)18)14(19)15-9-5-6-10(7-9)20-2/h9-12H,3-8H2,1-2H3,(H,15,19)(H,17,18). The molecule has 4 unspecified atom stereocenters. The molecule has 1 saturated heterocycles. The summed E-state index contributed by atoms with van der Waals surface area (Å²) in [5.41, 5.74) is 0. The molecule has 1 aliphatic heterocycles. The zero-order chi connectivity index (χ0) is 15.4. The molecule has 5 nitrogen and oxygen atoms in total. The van der Waals surface area contributed by atoms with Gasteiger partial charge in [-0.2, -0.15) is 11.8 Å². The van der Waals surface area contributed by atoms with Gasteiger partial charge in [-0.3, -0.25) is 4.90 Å². The molecule has 1 aliphatic carbocycles. The molecule has 4 atom stereocenters. The number of carbonyl (C=O) groups excluding carboxylic acids is 1. The molecular weight excluding hydrogens is 308 g/mol. The van der Waals surface area contributed by atoms with Crippen molar-refractivity contribution in [2.24, 2.45) is 0 Å². The Hall–Kier alpha value is -0.560. The van der Waals surface area contributed by atoms with Crippen LogP contribution in [0.5, 0.6) is 0 Å². The Morgan fingerprint density at radius 2 is 2.19 bits per heavy atom. The Balaban J connectivity index is 1.98. The summed E-state index contributed by atoms with van der Waals surface area (Å²) >= 11 is 3.43. The van der Waals surface area contributed by atoms with E-state index in [0.29, 0.717) is 11.0 Å². The lowest BCUT2D eigenvalue weighted by Gasteiger charge is -2.28. The van der Waals surface area contributed by atoms with Crippen LogP contribution in [-0.2, 0) is 4.79 Å². The molecule has 0 spiro atoms. The van der Waals surface area contributed by atoms with E-state index in [1.807, 2.05) is 11.8 Å². The van der Waals surface area contributed by atoms with E-state index in [9.17, 15) is 14.7 Å². The summed E-state index contributed by atoms with van der Waals surface area (Å²) in [4.78, 5) is 25.4. The van der Waals surface area contributed by atoms with Gasteiger partial charge in [-0.25, -0.2) is 9.59 Å². The van der Waals surface area contributed by atoms with Gasteiger partial charge < -0.3 is 10.4 Å². The van der Waals surface area contributed by atoms with E-state index < -0.39 is 12.0 Å². The SMILES string of the molecule is CCCC1SCC(C(=O)O)N1C(=O)NC1CCC(SC)C1. The van der Waals surface area contributed by atoms with Gasteiger partial charge in [0, 0.05) is 17.0 Å². The van der Waals surface area contributed by atoms with E-state index in [0.717, 1.165) is 32.1 Å². The van der Waals surface area contributed by atoms with Crippen molar-refractivity contribution in [3.8, 4) is 0 Å². The van der Waals surface area contributed by atoms with Crippen LogP contribution in [0.1, 0.15) is 39.0 Å². The first-order chi connectivity index (χ1) is 10.1. The minimum Gasteiger partial charge on any atom is -0.480 e. The highest BCUT2D eigenvalue weighted by atomic mass is 32.2. The van der Waals surface area contributed by atoms with Gasteiger partial charge in [-0.05, 0) is 31.9 Å². The number of hydrogen-bond donors (Lipinski definition) is 2. The predicted octanol–water partition coefficient (Wildman–Crippen LogP) is 2.61. The largest absolute Gasteiger partial charge is 0.480 e. The molecule has 0 radical (unpaired) electrons. The minimum absolute atomic E-state index is 0.00569. The van der Waals surface area contributed by atoms with Crippen LogP contribution in [0.25, 0.3) is 0 Å². The number of nitrogens with one attached hydrogen (secondary N) is 1. The minimum atomic E-state index is -0.898. The van der Waals surface area contributed by atoms with Gasteiger partial charge >= 0.3 is 12.0 Å². The Kier molecular flexibility index (Phi) is 6.10. The van der Waals surface area contributed by atoms with Crippen molar-refractivity contribution in [3.63, 3.8) is 0 Å². The van der Waals surface area contributed by atoms with E-state index in [4.69, 9.17) is 0 Å². The van der Waals surface area contributed by atoms with Crippen molar-refractivity contribution in [2.75, 3.05) is 12.0 Å². The average Bonchev–Trinajstić information content (AvgIpc) is 3.05. The lowest BCUT2D eigenvalue weighted by Crippen LogP contribution is -2.52. The van der Waals surface area contributed by atoms with Crippen LogP contribution >= 0.6 is 23.5 Å². The fourth-order valence-corrected chi connectivity index (χ4v) is 5.34. The first-order valence-corrected chi connectivity index (χ1v) is 9.86. The molecule has 2 rings (SSSR count). The van der Waals surface area contributed by atoms with Crippen LogP contribution in [0.4, 0.5) is 4.79 Å². The van der Waals surface area contributed by atoms with Crippen molar-refractivity contribution < 1.29 is 14.7 Å². The van der Waals surface area contributed by atoms with Gasteiger partial charge in [0.25, 0.3) is 0 Å². The van der Waals surface area contributed by atoms with Crippen LogP contribution in [0.15, 0.2) is 0 Å². The molecule has 2 N–H and O–H groups in total. The molecule has 0 aromatic carbocycles. The van der Waals surface area contributed by atoms with Crippen molar-refractivity contribution in [1.82, 2.24) is 10.2 Å². The smallest absolute Gasteiger partial charge is 0.327 e. The summed E-state index contributed by atoms with van der Waals surface area (Å²) in [6.45, 7) is 2.06. The lowest BCUT2D eigenvalue weighted by atomic mass is 10.2. The Labute approximate surface area is 134 Å². The molecular formula is C14H24N2O3S2. The predicted molar refractivity (Wildman–Crippen MR) is 87.9 cm³/mol. The van der Waals surface area contributed by atoms with E-state index in [1.165, 1.54) is 0 Å². The van der Waals surface area contributed by atoms with Gasteiger partial charge in [0.2, 0.25) is 0 Å². The molecule has 2 amide bonds. The van der Waals surface area contributed by atoms with E-state index >= 15 is 0 Å². The molecule has 0 bridgehead atoms. The van der Waals surface area contributed by atoms with Gasteiger partial charge in [0.1, 0.15) is 6.04 Å². The van der Waals surface area contributed by atoms with E-state index in [-0.39, 0.29) is 17.4 Å². The lowest BCUT2D eigenvalue weighted by molar-refractivity contribution is -0.141. The summed E-state index contributed by atoms with van der Waals surface area (Å²) in [7, 11) is 0. The maximum atomic E-state index is 12.5. The molecule has 7 heteroatoms. The molecule has 0 aromatic heterocycles. The number of thioether (sulfide) groups is 2. The number of amides is 2. The summed E-state index contributed by atoms with van der Waals surface area (Å²) in [5.74, 6) is -0.407. The first-order valence-electron chi connectivity index (χ1n) is 7.52. The van der Waals surface area contributed by atoms with Crippen molar-refractivity contribution in [1.29, 1.82) is 0 Å². The second-order valence-electron chi connectivity index (χ2n) is 5.66. The summed E-state index contributed by atoms with van der Waals surface area (Å²) in [5, 5.41) is 13.0. The first kappa shape index (κ1) is 16.8. The molecule has 21 heavy (non-hydrogen) atoms. The number of hydrogen-bond acceptors (Lipinski definition) is 4. The fourth-order valence-electron chi connectivity index (χ4n) is 3.03. The number of carboxylic acid groups (broad SMARTS) is 1. The molecule has 1 heterocycles. The molecule has 1 saturated carbocycles. The summed E-state index contributed by atoms with van der Waals surface area (Å²) in [6, 6.07) is -0.695. The number of carbonyl (C=O) groups is 2. The topological polar surface area (TPSA) is 69.6 Å². The summed E-state index contributed by atoms with van der Waals surface area (Å²) in [6.07, 6.45) is 7.01. The third kappa shape index (κ3) is 4.00. The molecule has 0 aromatic rings. The Morgan fingerprint density at radius 3 is 2.76 bits per heavy atom. The van der Waals surface area contributed by atoms with Crippen LogP contribution in [0.2, 0.25) is 0 Å². The number of nitrogens with zero attached hydrogens (tertiary/aromatic N) is 1. The van der Waals surface area contributed by atoms with Gasteiger partial charge in [-0.1, -0.05) is 13.3 Å². The second kappa shape index (κ2) is 7.63. The van der Waals surface area contributed by atoms with Crippen molar-refractivity contribution in [3.05, 3.63) is 0 Å². The van der Waals surface area contributed by atoms with E-state index in [2.05, 4.69) is 18.5 Å². The maximum absolute atomic E-state index is 12.5. The fraction of sp³-hybridized carbons (Fsp3) is 0.857. The maximum Gasteiger partial charge on any atom is 0.327 e. The van der Waals surface area contributed by atoms with Crippen molar-refractivity contribution in [2.45, 2.75) is 61.7 Å². The van der Waals surface area contributed by atoms with Crippen LogP contribution in [0.3, 0.4) is 0 Å². The zero-order valence-corrected chi connectivity index (χ0v) is 14.2. The average molecular weight is 332 g/mol. The van der Waals surface area contributed by atoms with Crippen LogP contribution < -0.4 is 5.32 Å². The highest BCUT2D eigenvalue weighted by Gasteiger charge is 2.42. The van der Waals surface area contributed by atoms with Gasteiger partial charge in [-0.15, -0.1) is 11.8 Å². The van der Waals surface area contributed by atoms with E-state index in [1.54, 1.807) is 16.7 Å². The normalized spacial score (nSPS) is 32.4. The third-order valence-corrected chi connectivity index (χ3v) is 6.64. The van der Waals surface area contributed by atoms with Gasteiger partial charge in [0.05, 0.1) is 5.37 Å². The second-order valence-corrected chi connectivity index (χ2v) is 8.00. The Bertz CT molecular complexity index is 394. The number of urea groups is 1. The highest BCUT2D eigenvalue weighted by Crippen LogP contribution is 2.33. The third-order valence-electron chi connectivity index (χ3n) is 4.19. The number of rotatable bonds is 5. The van der Waals surface area contributed by atoms with Crippen molar-refractivity contribution >= 4 is 35.5 Å². The van der Waals surface area contributed by atoms with Crippen LogP contribution in [0, 0.1) is 0 Å². The number of carboxylic acids is 1. The molecule has 120 valence electrons. The zero-order valence-electron chi connectivity index (χ0n) is 12.6. The quantitative estimate of drug-likeness (QED) is 0.810. The Morgan fingerprint density at radius 1 is 1.43 bits per heavy atom. The summed E-state index contributed by atoms with van der Waals surface area (Å²) < 4.78 is 0.